The number of para-hydroxylation sites is 1. The lowest BCUT2D eigenvalue weighted by Gasteiger charge is -2.39. The van der Waals surface area contributed by atoms with Gasteiger partial charge in [-0.05, 0) is 30.3 Å². The minimum Gasteiger partial charge on any atom is -0.395 e. The molecule has 9 nitrogen and oxygen atoms in total. The van der Waals surface area contributed by atoms with Crippen molar-refractivity contribution in [1.82, 2.24) is 14.7 Å². The SMILES string of the molecule is NCCO.O=C(NCCO)C1(Nc2ccccc2)N=CC=C(c2ccncc2)N1Cl. The first-order valence-corrected chi connectivity index (χ1v) is 9.58. The summed E-state index contributed by atoms with van der Waals surface area (Å²) in [4.78, 5) is 21.2. The fraction of sp³-hybridized carbons (Fsp3) is 0.250. The third-order valence-corrected chi connectivity index (χ3v) is 4.33. The molecule has 1 unspecified atom stereocenters. The quantitative estimate of drug-likeness (QED) is 0.408. The number of anilines is 1. The van der Waals surface area contributed by atoms with Crippen LogP contribution in [0.4, 0.5) is 5.69 Å². The molecule has 0 aliphatic carbocycles. The minimum absolute atomic E-state index is 0.0889. The Morgan fingerprint density at radius 1 is 1.13 bits per heavy atom. The van der Waals surface area contributed by atoms with E-state index >= 15 is 0 Å². The van der Waals surface area contributed by atoms with Crippen molar-refractivity contribution in [2.75, 3.05) is 31.6 Å². The van der Waals surface area contributed by atoms with Crippen molar-refractivity contribution in [3.8, 4) is 0 Å². The van der Waals surface area contributed by atoms with Gasteiger partial charge in [0.1, 0.15) is 0 Å². The molecule has 6 N–H and O–H groups in total. The molecule has 1 amide bonds. The first-order chi connectivity index (χ1) is 14.6. The second-order valence-electron chi connectivity index (χ2n) is 6.00. The highest BCUT2D eigenvalue weighted by molar-refractivity contribution is 6.21. The maximum absolute atomic E-state index is 12.9. The first-order valence-electron chi connectivity index (χ1n) is 9.24. The van der Waals surface area contributed by atoms with E-state index in [1.807, 2.05) is 30.3 Å². The average Bonchev–Trinajstić information content (AvgIpc) is 2.80. The van der Waals surface area contributed by atoms with E-state index in [4.69, 9.17) is 27.7 Å². The summed E-state index contributed by atoms with van der Waals surface area (Å²) >= 11 is 6.61. The van der Waals surface area contributed by atoms with Crippen LogP contribution in [0.15, 0.2) is 65.9 Å². The molecule has 0 spiro atoms. The highest BCUT2D eigenvalue weighted by Crippen LogP contribution is 2.34. The van der Waals surface area contributed by atoms with Crippen LogP contribution in [0, 0.1) is 0 Å². The van der Waals surface area contributed by atoms with E-state index in [-0.39, 0.29) is 19.8 Å². The summed E-state index contributed by atoms with van der Waals surface area (Å²) in [7, 11) is 0. The van der Waals surface area contributed by atoms with Crippen LogP contribution < -0.4 is 16.4 Å². The number of hydrogen-bond donors (Lipinski definition) is 5. The number of pyridine rings is 1. The Bertz CT molecular complexity index is 848. The first kappa shape index (κ1) is 23.3. The van der Waals surface area contributed by atoms with Crippen molar-refractivity contribution in [1.29, 1.82) is 0 Å². The molecule has 1 aliphatic heterocycles. The van der Waals surface area contributed by atoms with Gasteiger partial charge in [-0.25, -0.2) is 9.41 Å². The summed E-state index contributed by atoms with van der Waals surface area (Å²) in [5, 5.41) is 22.5. The molecule has 1 aromatic carbocycles. The molecular weight excluding hydrogens is 408 g/mol. The summed E-state index contributed by atoms with van der Waals surface area (Å²) in [5.74, 6) is -2.09. The number of aliphatic hydroxyl groups is 2. The van der Waals surface area contributed by atoms with Crippen LogP contribution in [0.1, 0.15) is 5.56 Å². The summed E-state index contributed by atoms with van der Waals surface area (Å²) < 4.78 is 1.25. The number of amides is 1. The lowest BCUT2D eigenvalue weighted by atomic mass is 10.1. The van der Waals surface area contributed by atoms with E-state index in [9.17, 15) is 4.79 Å². The van der Waals surface area contributed by atoms with E-state index in [0.29, 0.717) is 17.9 Å². The van der Waals surface area contributed by atoms with Crippen molar-refractivity contribution in [3.63, 3.8) is 0 Å². The molecular formula is C20H25ClN6O3. The molecule has 0 fully saturated rings. The molecule has 2 heterocycles. The number of rotatable bonds is 7. The summed E-state index contributed by atoms with van der Waals surface area (Å²) in [6.45, 7) is 0.373. The van der Waals surface area contributed by atoms with E-state index < -0.39 is 11.7 Å². The van der Waals surface area contributed by atoms with Crippen molar-refractivity contribution in [3.05, 3.63) is 66.5 Å². The van der Waals surface area contributed by atoms with Crippen LogP contribution in [-0.2, 0) is 4.79 Å². The summed E-state index contributed by atoms with van der Waals surface area (Å²) in [5.41, 5.74) is 6.83. The number of nitrogens with zero attached hydrogens (tertiary/aromatic N) is 3. The number of halogens is 1. The molecule has 3 rings (SSSR count). The number of aliphatic imine (C=N–C) groups is 1. The number of carbonyl (C=O) groups excluding carboxylic acids is 1. The fourth-order valence-corrected chi connectivity index (χ4v) is 2.86. The van der Waals surface area contributed by atoms with Gasteiger partial charge in [-0.3, -0.25) is 9.78 Å². The number of carbonyl (C=O) groups is 1. The standard InChI is InChI=1S/C18H18ClN5O2.C2H7NO/c19-24-16(14-6-9-20-10-7-14)8-11-22-18(24,17(26)21-12-13-25)23-15-4-2-1-3-5-15;3-1-2-4/h1-11,23,25H,12-13H2,(H,21,26);4H,1-3H2. The van der Waals surface area contributed by atoms with Crippen LogP contribution in [0.3, 0.4) is 0 Å². The molecule has 0 radical (unpaired) electrons. The van der Waals surface area contributed by atoms with Gasteiger partial charge in [-0.2, -0.15) is 0 Å². The van der Waals surface area contributed by atoms with E-state index in [0.717, 1.165) is 5.56 Å². The Morgan fingerprint density at radius 3 is 2.40 bits per heavy atom. The van der Waals surface area contributed by atoms with Gasteiger partial charge in [-0.1, -0.05) is 18.2 Å². The van der Waals surface area contributed by atoms with Crippen molar-refractivity contribution in [2.45, 2.75) is 5.79 Å². The van der Waals surface area contributed by atoms with E-state index in [1.165, 1.54) is 10.6 Å². The maximum Gasteiger partial charge on any atom is 0.303 e. The average molecular weight is 433 g/mol. The van der Waals surface area contributed by atoms with Gasteiger partial charge < -0.3 is 26.6 Å². The normalized spacial score (nSPS) is 17.5. The zero-order chi connectivity index (χ0) is 21.8. The Balaban J connectivity index is 0.000000735. The van der Waals surface area contributed by atoms with Crippen molar-refractivity contribution in [2.24, 2.45) is 10.7 Å². The lowest BCUT2D eigenvalue weighted by molar-refractivity contribution is -0.128. The second kappa shape index (κ2) is 11.9. The number of nitrogens with two attached hydrogens (primary N) is 1. The highest BCUT2D eigenvalue weighted by atomic mass is 35.5. The third kappa shape index (κ3) is 5.77. The molecule has 0 saturated heterocycles. The molecule has 0 bridgehead atoms. The molecule has 2 aromatic rings. The van der Waals surface area contributed by atoms with Gasteiger partial charge in [0.2, 0.25) is 0 Å². The maximum atomic E-state index is 12.9. The van der Waals surface area contributed by atoms with Gasteiger partial charge >= 0.3 is 5.79 Å². The molecule has 1 atom stereocenters. The number of allylic oxidation sites excluding steroid dienone is 1. The third-order valence-electron chi connectivity index (χ3n) is 3.90. The van der Waals surface area contributed by atoms with Crippen LogP contribution in [0.5, 0.6) is 0 Å². The van der Waals surface area contributed by atoms with Crippen LogP contribution >= 0.6 is 11.8 Å². The largest absolute Gasteiger partial charge is 0.395 e. The van der Waals surface area contributed by atoms with Gasteiger partial charge in [0, 0.05) is 54.7 Å². The van der Waals surface area contributed by atoms with E-state index in [1.54, 1.807) is 30.6 Å². The van der Waals surface area contributed by atoms with Crippen molar-refractivity contribution >= 4 is 35.3 Å². The molecule has 160 valence electrons. The Hall–Kier alpha value is -2.98. The van der Waals surface area contributed by atoms with Gasteiger partial charge in [0.05, 0.1) is 18.9 Å². The lowest BCUT2D eigenvalue weighted by Crippen LogP contribution is -2.60. The minimum atomic E-state index is -1.61. The smallest absolute Gasteiger partial charge is 0.303 e. The van der Waals surface area contributed by atoms with E-state index in [2.05, 4.69) is 20.6 Å². The topological polar surface area (TPSA) is 136 Å². The summed E-state index contributed by atoms with van der Waals surface area (Å²) in [6, 6.07) is 12.8. The highest BCUT2D eigenvalue weighted by Gasteiger charge is 2.46. The van der Waals surface area contributed by atoms with Gasteiger partial charge in [0.15, 0.2) is 0 Å². The Morgan fingerprint density at radius 2 is 1.80 bits per heavy atom. The molecule has 10 heteroatoms. The second-order valence-corrected chi connectivity index (χ2v) is 6.34. The van der Waals surface area contributed by atoms with Gasteiger partial charge in [-0.15, -0.1) is 0 Å². The molecule has 0 saturated carbocycles. The zero-order valence-corrected chi connectivity index (χ0v) is 17.0. The molecule has 30 heavy (non-hydrogen) atoms. The molecule has 1 aromatic heterocycles. The number of benzene rings is 1. The number of nitrogens with one attached hydrogen (secondary N) is 2. The predicted molar refractivity (Wildman–Crippen MR) is 117 cm³/mol. The monoisotopic (exact) mass is 432 g/mol. The number of aromatic nitrogens is 1. The Kier molecular flexibility index (Phi) is 9.23. The molecule has 1 aliphatic rings. The zero-order valence-electron chi connectivity index (χ0n) is 16.3. The summed E-state index contributed by atoms with van der Waals surface area (Å²) in [6.07, 6.45) is 6.53. The van der Waals surface area contributed by atoms with Crippen molar-refractivity contribution < 1.29 is 15.0 Å². The number of aliphatic hydroxyl groups excluding tert-OH is 2. The van der Waals surface area contributed by atoms with Crippen LogP contribution in [0.2, 0.25) is 0 Å². The van der Waals surface area contributed by atoms with Gasteiger partial charge in [0.25, 0.3) is 5.91 Å². The van der Waals surface area contributed by atoms with Crippen LogP contribution in [0.25, 0.3) is 5.70 Å². The van der Waals surface area contributed by atoms with Crippen LogP contribution in [-0.4, -0.2) is 63.8 Å². The predicted octanol–water partition coefficient (Wildman–Crippen LogP) is 0.775. The number of hydrogen-bond acceptors (Lipinski definition) is 8. The Labute approximate surface area is 180 Å². The fourth-order valence-electron chi connectivity index (χ4n) is 2.54.